The third-order valence-electron chi connectivity index (χ3n) is 9.29. The van der Waals surface area contributed by atoms with Crippen LogP contribution in [0.4, 0.5) is 0 Å². The topological polar surface area (TPSA) is 54.4 Å². The molecule has 0 aliphatic heterocycles. The summed E-state index contributed by atoms with van der Waals surface area (Å²) < 4.78 is 0. The Bertz CT molecular complexity index is 1320. The van der Waals surface area contributed by atoms with Crippen molar-refractivity contribution in [1.29, 1.82) is 0 Å². The van der Waals surface area contributed by atoms with Gasteiger partial charge in [0.05, 0.1) is 0 Å². The fourth-order valence-electron chi connectivity index (χ4n) is 6.50. The van der Waals surface area contributed by atoms with Crippen molar-refractivity contribution >= 4 is 34.7 Å². The molecule has 0 bridgehead atoms. The third-order valence-corrected chi connectivity index (χ3v) is 14.4. The van der Waals surface area contributed by atoms with Crippen LogP contribution in [0, 0.1) is 0 Å². The van der Waals surface area contributed by atoms with Gasteiger partial charge >= 0.3 is 206 Å². The molecule has 1 unspecified atom stereocenters. The number of benzene rings is 3. The second kappa shape index (κ2) is 14.4. The number of hydrogen-bond donors (Lipinski definition) is 1. The van der Waals surface area contributed by atoms with Gasteiger partial charge in [-0.25, -0.2) is 0 Å². The molecule has 3 nitrogen and oxygen atoms in total. The van der Waals surface area contributed by atoms with Crippen molar-refractivity contribution in [2.75, 3.05) is 6.16 Å². The predicted molar refractivity (Wildman–Crippen MR) is 180 cm³/mol. The van der Waals surface area contributed by atoms with Gasteiger partial charge in [0.15, 0.2) is 5.78 Å². The van der Waals surface area contributed by atoms with Crippen LogP contribution in [-0.2, 0) is 9.59 Å². The van der Waals surface area contributed by atoms with Crippen molar-refractivity contribution in [3.05, 3.63) is 113 Å². The van der Waals surface area contributed by atoms with E-state index in [9.17, 15) is 14.7 Å². The Morgan fingerprint density at radius 2 is 1.00 bits per heavy atom. The first kappa shape index (κ1) is 31.8. The molecule has 42 heavy (non-hydrogen) atoms. The summed E-state index contributed by atoms with van der Waals surface area (Å²) in [6, 6.07) is 33.3. The average molecular weight is 583 g/mol. The summed E-state index contributed by atoms with van der Waals surface area (Å²) in [5.41, 5.74) is 1.35. The first-order valence-electron chi connectivity index (χ1n) is 15.5. The van der Waals surface area contributed by atoms with Crippen molar-refractivity contribution in [2.45, 2.75) is 84.7 Å². The molecule has 1 atom stereocenters. The first-order valence-corrected chi connectivity index (χ1v) is 17.7. The van der Waals surface area contributed by atoms with E-state index in [4.69, 9.17) is 0 Å². The van der Waals surface area contributed by atoms with Crippen LogP contribution in [0.2, 0.25) is 0 Å². The van der Waals surface area contributed by atoms with E-state index >= 15 is 0 Å². The Balaban J connectivity index is 1.32. The summed E-state index contributed by atoms with van der Waals surface area (Å²) in [6.07, 6.45) is 8.29. The van der Waals surface area contributed by atoms with Gasteiger partial charge in [-0.2, -0.15) is 0 Å². The van der Waals surface area contributed by atoms with Crippen molar-refractivity contribution in [3.63, 3.8) is 0 Å². The molecule has 222 valence electrons. The van der Waals surface area contributed by atoms with E-state index < -0.39 is 12.9 Å². The second-order valence-corrected chi connectivity index (χ2v) is 16.3. The van der Waals surface area contributed by atoms with Crippen LogP contribution >= 0.6 is 7.26 Å². The standard InChI is InChI=1S/C38H47O3P/c1-29-30(2)37(40)35(31(3)36(29)39)25-27-38(4,41)26-17-6-5-7-18-28-42(32-19-11-8-12-20-32,33-21-13-9-14-22-33)34-23-15-10-16-24-34/h8-16,19-24,41-42H,5-7,17-18,25-28H2,1-4H3. The molecule has 0 aromatic heterocycles. The van der Waals surface area contributed by atoms with Crippen LogP contribution < -0.4 is 15.9 Å². The number of carbonyl (C=O) groups is 2. The molecule has 0 fully saturated rings. The predicted octanol–water partition coefficient (Wildman–Crippen LogP) is 7.39. The third kappa shape index (κ3) is 7.25. The quantitative estimate of drug-likeness (QED) is 0.123. The van der Waals surface area contributed by atoms with Crippen molar-refractivity contribution < 1.29 is 14.7 Å². The fraction of sp³-hybridized carbons (Fsp3) is 0.368. The fourth-order valence-corrected chi connectivity index (χ4v) is 11.4. The summed E-state index contributed by atoms with van der Waals surface area (Å²) in [4.78, 5) is 25.3. The maximum absolute atomic E-state index is 12.8. The van der Waals surface area contributed by atoms with Crippen LogP contribution in [0.15, 0.2) is 113 Å². The van der Waals surface area contributed by atoms with E-state index in [-0.39, 0.29) is 11.6 Å². The van der Waals surface area contributed by atoms with Crippen LogP contribution in [0.3, 0.4) is 0 Å². The second-order valence-electron chi connectivity index (χ2n) is 12.3. The minimum atomic E-state index is -2.17. The number of ketones is 2. The van der Waals surface area contributed by atoms with E-state index in [0.717, 1.165) is 38.3 Å². The van der Waals surface area contributed by atoms with E-state index in [0.29, 0.717) is 41.6 Å². The summed E-state index contributed by atoms with van der Waals surface area (Å²) in [6.45, 7) is 7.06. The van der Waals surface area contributed by atoms with Gasteiger partial charge in [0.2, 0.25) is 0 Å². The number of unbranched alkanes of at least 4 members (excludes halogenated alkanes) is 4. The number of allylic oxidation sites excluding steroid dienone is 4. The molecule has 4 heteroatoms. The van der Waals surface area contributed by atoms with Crippen LogP contribution in [0.25, 0.3) is 0 Å². The zero-order valence-corrected chi connectivity index (χ0v) is 26.8. The van der Waals surface area contributed by atoms with E-state index in [1.54, 1.807) is 20.8 Å². The minimum absolute atomic E-state index is 0.0402. The molecular formula is C38H47O3P. The maximum atomic E-state index is 12.8. The Morgan fingerprint density at radius 1 is 0.571 bits per heavy atom. The van der Waals surface area contributed by atoms with Crippen molar-refractivity contribution in [3.8, 4) is 0 Å². The Labute approximate surface area is 253 Å². The number of carbonyl (C=O) groups excluding carboxylic acids is 2. The molecule has 0 radical (unpaired) electrons. The van der Waals surface area contributed by atoms with Gasteiger partial charge in [0.1, 0.15) is 0 Å². The average Bonchev–Trinajstić information content (AvgIpc) is 3.02. The van der Waals surface area contributed by atoms with Gasteiger partial charge < -0.3 is 0 Å². The molecule has 1 aliphatic rings. The van der Waals surface area contributed by atoms with Gasteiger partial charge in [0, 0.05) is 11.1 Å². The summed E-state index contributed by atoms with van der Waals surface area (Å²) in [5.74, 6) is -0.0813. The molecule has 0 amide bonds. The zero-order valence-electron chi connectivity index (χ0n) is 25.8. The van der Waals surface area contributed by atoms with Gasteiger partial charge in [0.25, 0.3) is 0 Å². The molecular weight excluding hydrogens is 535 g/mol. The van der Waals surface area contributed by atoms with Crippen molar-refractivity contribution in [1.82, 2.24) is 0 Å². The molecule has 3 aromatic rings. The Kier molecular flexibility index (Phi) is 10.9. The monoisotopic (exact) mass is 582 g/mol. The van der Waals surface area contributed by atoms with Crippen LogP contribution in [0.1, 0.15) is 79.1 Å². The number of rotatable bonds is 14. The molecule has 1 aliphatic carbocycles. The SMILES string of the molecule is CC1=C(C)C(=O)C(CCC(C)(O)CCCCCCC[PH](c2ccccc2)(c2ccccc2)c2ccccc2)=C(C)C1=O. The molecule has 3 aromatic carbocycles. The summed E-state index contributed by atoms with van der Waals surface area (Å²) in [5, 5.41) is 15.4. The molecule has 0 spiro atoms. The number of hydrogen-bond acceptors (Lipinski definition) is 3. The summed E-state index contributed by atoms with van der Waals surface area (Å²) >= 11 is 0. The summed E-state index contributed by atoms with van der Waals surface area (Å²) in [7, 11) is -2.17. The Morgan fingerprint density at radius 3 is 1.50 bits per heavy atom. The molecule has 4 rings (SSSR count). The van der Waals surface area contributed by atoms with E-state index in [1.165, 1.54) is 15.9 Å². The minimum Gasteiger partial charge on any atom is -0.289 e. The van der Waals surface area contributed by atoms with Gasteiger partial charge in [-0.05, 0) is 20.8 Å². The van der Waals surface area contributed by atoms with Crippen LogP contribution in [0.5, 0.6) is 0 Å². The number of aliphatic hydroxyl groups is 1. The number of Topliss-reactive ketones (excluding diaryl/α,β-unsaturated/α-hetero) is 2. The van der Waals surface area contributed by atoms with Crippen LogP contribution in [-0.4, -0.2) is 28.4 Å². The zero-order chi connectivity index (χ0) is 30.2. The smallest absolute Gasteiger partial charge is 0.289 e. The molecule has 1 N–H and O–H groups in total. The first-order chi connectivity index (χ1) is 20.2. The molecule has 0 saturated heterocycles. The van der Waals surface area contributed by atoms with E-state index in [1.807, 2.05) is 6.92 Å². The van der Waals surface area contributed by atoms with Gasteiger partial charge in [-0.1, -0.05) is 0 Å². The van der Waals surface area contributed by atoms with Crippen molar-refractivity contribution in [2.24, 2.45) is 0 Å². The van der Waals surface area contributed by atoms with Gasteiger partial charge in [-0.15, -0.1) is 0 Å². The molecule has 0 heterocycles. The Hall–Kier alpha value is -3.13. The normalized spacial score (nSPS) is 16.1. The molecule has 0 saturated carbocycles. The van der Waals surface area contributed by atoms with Gasteiger partial charge in [-0.3, -0.25) is 9.59 Å². The van der Waals surface area contributed by atoms with E-state index in [2.05, 4.69) is 91.0 Å².